The lowest BCUT2D eigenvalue weighted by molar-refractivity contribution is 0.103. The van der Waals surface area contributed by atoms with Gasteiger partial charge < -0.3 is 4.43 Å². The highest BCUT2D eigenvalue weighted by atomic mass is 32.2. The summed E-state index contributed by atoms with van der Waals surface area (Å²) in [5.41, 5.74) is 1.51. The van der Waals surface area contributed by atoms with Gasteiger partial charge in [0.2, 0.25) is 8.32 Å². The number of hydrogen-bond acceptors (Lipinski definition) is 3. The average Bonchev–Trinajstić information content (AvgIpc) is 2.76. The Labute approximate surface area is 198 Å². The SMILES string of the molecule is C=CC[C@](C#N)(O[Si](C(C)C)(C(C)C)C(C)C)c1ccccc1S(=O)c1ccc(C)cc1. The monoisotopic (exact) mass is 467 g/mol. The highest BCUT2D eigenvalue weighted by molar-refractivity contribution is 7.85. The van der Waals surface area contributed by atoms with Gasteiger partial charge in [-0.15, -0.1) is 6.58 Å². The summed E-state index contributed by atoms with van der Waals surface area (Å²) in [6.07, 6.45) is 2.08. The Balaban J connectivity index is 2.74. The van der Waals surface area contributed by atoms with Crippen LogP contribution in [0.5, 0.6) is 0 Å². The second-order valence-corrected chi connectivity index (χ2v) is 16.3. The summed E-state index contributed by atoms with van der Waals surface area (Å²) < 4.78 is 20.7. The number of hydrogen-bond donors (Lipinski definition) is 0. The molecule has 0 aromatic heterocycles. The zero-order chi connectivity index (χ0) is 24.1. The summed E-state index contributed by atoms with van der Waals surface area (Å²) in [5.74, 6) is 0. The Bertz CT molecular complexity index is 970. The second kappa shape index (κ2) is 10.7. The van der Waals surface area contributed by atoms with Crippen molar-refractivity contribution < 1.29 is 8.63 Å². The highest BCUT2D eigenvalue weighted by Gasteiger charge is 2.52. The lowest BCUT2D eigenvalue weighted by atomic mass is 9.92. The Hall–Kier alpha value is -2.00. The Morgan fingerprint density at radius 1 is 1.03 bits per heavy atom. The molecule has 1 unspecified atom stereocenters. The van der Waals surface area contributed by atoms with Crippen LogP contribution < -0.4 is 0 Å². The topological polar surface area (TPSA) is 50.1 Å². The smallest absolute Gasteiger partial charge is 0.202 e. The summed E-state index contributed by atoms with van der Waals surface area (Å²) in [6.45, 7) is 19.2. The molecule has 0 bridgehead atoms. The van der Waals surface area contributed by atoms with E-state index in [9.17, 15) is 9.47 Å². The van der Waals surface area contributed by atoms with Crippen molar-refractivity contribution in [3.8, 4) is 6.07 Å². The van der Waals surface area contributed by atoms with Crippen LogP contribution in [0.25, 0.3) is 0 Å². The average molecular weight is 468 g/mol. The molecule has 0 fully saturated rings. The molecule has 5 heteroatoms. The predicted molar refractivity (Wildman–Crippen MR) is 137 cm³/mol. The Kier molecular flexibility index (Phi) is 8.81. The van der Waals surface area contributed by atoms with Gasteiger partial charge in [0.05, 0.1) is 15.7 Å². The molecule has 0 aliphatic carbocycles. The van der Waals surface area contributed by atoms with Crippen LogP contribution in [0.1, 0.15) is 59.1 Å². The van der Waals surface area contributed by atoms with Gasteiger partial charge in [0, 0.05) is 16.9 Å². The minimum Gasteiger partial charge on any atom is -0.395 e. The number of nitriles is 1. The van der Waals surface area contributed by atoms with Gasteiger partial charge in [-0.2, -0.15) is 5.26 Å². The van der Waals surface area contributed by atoms with E-state index < -0.39 is 24.7 Å². The fraction of sp³-hybridized carbons (Fsp3) is 0.444. The first-order valence-corrected chi connectivity index (χ1v) is 14.6. The molecule has 0 radical (unpaired) electrons. The molecule has 2 rings (SSSR count). The lowest BCUT2D eigenvalue weighted by Gasteiger charge is -2.47. The molecule has 2 atom stereocenters. The van der Waals surface area contributed by atoms with Gasteiger partial charge >= 0.3 is 0 Å². The molecule has 0 N–H and O–H groups in total. The van der Waals surface area contributed by atoms with E-state index in [1.54, 1.807) is 6.08 Å². The van der Waals surface area contributed by atoms with E-state index >= 15 is 0 Å². The first kappa shape index (κ1) is 26.3. The van der Waals surface area contributed by atoms with Crippen molar-refractivity contribution in [2.75, 3.05) is 0 Å². The Morgan fingerprint density at radius 2 is 1.56 bits per heavy atom. The van der Waals surface area contributed by atoms with Gasteiger partial charge in [0.1, 0.15) is 6.07 Å². The van der Waals surface area contributed by atoms with Crippen LogP contribution in [0.4, 0.5) is 0 Å². The molecule has 0 spiro atoms. The third kappa shape index (κ3) is 4.98. The van der Waals surface area contributed by atoms with Crippen LogP contribution in [0.2, 0.25) is 16.6 Å². The molecule has 0 saturated heterocycles. The second-order valence-electron chi connectivity index (χ2n) is 9.43. The summed E-state index contributed by atoms with van der Waals surface area (Å²) >= 11 is 0. The van der Waals surface area contributed by atoms with E-state index in [2.05, 4.69) is 54.2 Å². The van der Waals surface area contributed by atoms with E-state index in [4.69, 9.17) is 4.43 Å². The fourth-order valence-corrected chi connectivity index (χ4v) is 11.8. The molecule has 0 aliphatic rings. The molecule has 172 valence electrons. The zero-order valence-corrected chi connectivity index (χ0v) is 22.3. The largest absolute Gasteiger partial charge is 0.395 e. The third-order valence-electron chi connectivity index (χ3n) is 6.43. The maximum Gasteiger partial charge on any atom is 0.202 e. The minimum atomic E-state index is -2.42. The quantitative estimate of drug-likeness (QED) is 0.266. The molecule has 0 amide bonds. The van der Waals surface area contributed by atoms with Crippen molar-refractivity contribution in [2.45, 2.75) is 86.9 Å². The molecule has 2 aromatic carbocycles. The van der Waals surface area contributed by atoms with Crippen molar-refractivity contribution >= 4 is 19.1 Å². The standard InChI is InChI=1S/C27H37NO2SSi/c1-9-18-27(19-28,30-32(20(2)3,21(4)5)22(6)7)25-12-10-11-13-26(25)31(29)24-16-14-23(8)15-17-24/h9-17,20-22H,1,18H2,2-8H3/t27-,31?/m1/s1. The van der Waals surface area contributed by atoms with Gasteiger partial charge in [-0.05, 0) is 41.7 Å². The first-order valence-electron chi connectivity index (χ1n) is 11.4. The van der Waals surface area contributed by atoms with Gasteiger partial charge in [-0.1, -0.05) is 83.5 Å². The third-order valence-corrected chi connectivity index (χ3v) is 14.0. The number of rotatable bonds is 10. The van der Waals surface area contributed by atoms with Gasteiger partial charge in [-0.3, -0.25) is 0 Å². The number of aryl methyl sites for hydroxylation is 1. The van der Waals surface area contributed by atoms with Crippen LogP contribution in [-0.4, -0.2) is 12.5 Å². The van der Waals surface area contributed by atoms with Crippen molar-refractivity contribution in [2.24, 2.45) is 0 Å². The summed E-state index contributed by atoms with van der Waals surface area (Å²) in [6, 6.07) is 17.7. The summed E-state index contributed by atoms with van der Waals surface area (Å²) in [5, 5.41) is 10.6. The molecular weight excluding hydrogens is 430 g/mol. The highest BCUT2D eigenvalue weighted by Crippen LogP contribution is 2.48. The molecule has 2 aromatic rings. The van der Waals surface area contributed by atoms with E-state index in [0.717, 1.165) is 5.56 Å². The minimum absolute atomic E-state index is 0.315. The molecule has 0 saturated carbocycles. The van der Waals surface area contributed by atoms with Crippen molar-refractivity contribution in [1.29, 1.82) is 5.26 Å². The summed E-state index contributed by atoms with van der Waals surface area (Å²) in [7, 11) is -3.85. The number of benzene rings is 2. The summed E-state index contributed by atoms with van der Waals surface area (Å²) in [4.78, 5) is 1.34. The maximum atomic E-state index is 13.6. The van der Waals surface area contributed by atoms with Crippen LogP contribution in [-0.2, 0) is 20.8 Å². The lowest BCUT2D eigenvalue weighted by Crippen LogP contribution is -2.53. The van der Waals surface area contributed by atoms with Gasteiger partial charge in [0.25, 0.3) is 0 Å². The van der Waals surface area contributed by atoms with Crippen LogP contribution in [0, 0.1) is 18.3 Å². The zero-order valence-electron chi connectivity index (χ0n) is 20.5. The fourth-order valence-electron chi connectivity index (χ4n) is 4.94. The molecular formula is C27H37NO2SSi. The Morgan fingerprint density at radius 3 is 2.03 bits per heavy atom. The van der Waals surface area contributed by atoms with E-state index in [1.807, 2.05) is 55.5 Å². The maximum absolute atomic E-state index is 13.6. The molecule has 32 heavy (non-hydrogen) atoms. The first-order chi connectivity index (χ1) is 15.1. The molecule has 0 heterocycles. The van der Waals surface area contributed by atoms with E-state index in [1.165, 1.54) is 0 Å². The van der Waals surface area contributed by atoms with Gasteiger partial charge in [0.15, 0.2) is 5.60 Å². The van der Waals surface area contributed by atoms with Crippen LogP contribution in [0.15, 0.2) is 71.0 Å². The molecule has 3 nitrogen and oxygen atoms in total. The molecule has 0 aliphatic heterocycles. The van der Waals surface area contributed by atoms with Crippen LogP contribution >= 0.6 is 0 Å². The van der Waals surface area contributed by atoms with Gasteiger partial charge in [-0.25, -0.2) is 4.21 Å². The number of nitrogens with zero attached hydrogens (tertiary/aromatic N) is 1. The predicted octanol–water partition coefficient (Wildman–Crippen LogP) is 7.65. The van der Waals surface area contributed by atoms with Crippen molar-refractivity contribution in [3.63, 3.8) is 0 Å². The van der Waals surface area contributed by atoms with E-state index in [0.29, 0.717) is 38.4 Å². The normalized spacial score (nSPS) is 14.9. The van der Waals surface area contributed by atoms with Crippen molar-refractivity contribution in [1.82, 2.24) is 0 Å². The van der Waals surface area contributed by atoms with E-state index in [-0.39, 0.29) is 0 Å². The van der Waals surface area contributed by atoms with Crippen LogP contribution in [0.3, 0.4) is 0 Å². The van der Waals surface area contributed by atoms with Crippen molar-refractivity contribution in [3.05, 3.63) is 72.3 Å².